The second kappa shape index (κ2) is 6.56. The second-order valence-electron chi connectivity index (χ2n) is 8.53. The van der Waals surface area contributed by atoms with Gasteiger partial charge in [0.2, 0.25) is 5.66 Å². The van der Waals surface area contributed by atoms with Gasteiger partial charge in [0, 0.05) is 16.8 Å². The molecule has 3 heterocycles. The van der Waals surface area contributed by atoms with Crippen molar-refractivity contribution in [1.82, 2.24) is 9.55 Å². The number of carbonyl (C=O) groups is 1. The summed E-state index contributed by atoms with van der Waals surface area (Å²) < 4.78 is 2.09. The lowest BCUT2D eigenvalue weighted by molar-refractivity contribution is -0.123. The molecule has 0 unspecified atom stereocenters. The Labute approximate surface area is 190 Å². The largest absolute Gasteiger partial charge is 0.350 e. The number of carbonyl (C=O) groups excluding carboxylic acids is 1. The van der Waals surface area contributed by atoms with Crippen LogP contribution < -0.4 is 10.2 Å². The van der Waals surface area contributed by atoms with Gasteiger partial charge in [-0.3, -0.25) is 9.36 Å². The predicted octanol–water partition coefficient (Wildman–Crippen LogP) is 5.38. The first-order valence-corrected chi connectivity index (χ1v) is 11.1. The molecule has 0 saturated carbocycles. The van der Waals surface area contributed by atoms with Crippen molar-refractivity contribution in [3.05, 3.63) is 114 Å². The maximum atomic E-state index is 14.5. The van der Waals surface area contributed by atoms with Crippen LogP contribution in [-0.2, 0) is 17.0 Å². The first-order chi connectivity index (χ1) is 16.3. The number of rotatable bonds is 2. The predicted molar refractivity (Wildman–Crippen MR) is 130 cm³/mol. The molecule has 0 fully saturated rings. The average Bonchev–Trinajstić information content (AvgIpc) is 3.36. The van der Waals surface area contributed by atoms with E-state index in [1.807, 2.05) is 83.8 Å². The van der Waals surface area contributed by atoms with Crippen LogP contribution in [0.3, 0.4) is 0 Å². The van der Waals surface area contributed by atoms with Crippen molar-refractivity contribution < 1.29 is 4.79 Å². The topological polar surface area (TPSA) is 50.2 Å². The van der Waals surface area contributed by atoms with Gasteiger partial charge in [-0.25, -0.2) is 4.98 Å². The van der Waals surface area contributed by atoms with E-state index < -0.39 is 5.66 Å². The van der Waals surface area contributed by atoms with Gasteiger partial charge in [-0.2, -0.15) is 0 Å². The average molecular weight is 428 g/mol. The molecule has 1 aromatic heterocycles. The van der Waals surface area contributed by atoms with E-state index in [1.54, 1.807) is 0 Å². The van der Waals surface area contributed by atoms with Gasteiger partial charge in [0.1, 0.15) is 5.82 Å². The normalized spacial score (nSPS) is 18.2. The second-order valence-corrected chi connectivity index (χ2v) is 8.53. The third-order valence-electron chi connectivity index (χ3n) is 6.70. The quantitative estimate of drug-likeness (QED) is 0.411. The first-order valence-electron chi connectivity index (χ1n) is 11.1. The van der Waals surface area contributed by atoms with E-state index >= 15 is 0 Å². The van der Waals surface area contributed by atoms with Gasteiger partial charge >= 0.3 is 0 Å². The molecule has 33 heavy (non-hydrogen) atoms. The van der Waals surface area contributed by atoms with Crippen molar-refractivity contribution in [2.75, 3.05) is 10.2 Å². The van der Waals surface area contributed by atoms with Crippen LogP contribution in [0.1, 0.15) is 11.1 Å². The maximum Gasteiger partial charge on any atom is 0.279 e. The molecule has 5 aromatic rings. The Morgan fingerprint density at radius 2 is 1.52 bits per heavy atom. The molecule has 7 rings (SSSR count). The number of hydrogen-bond donors (Lipinski definition) is 1. The van der Waals surface area contributed by atoms with E-state index in [0.29, 0.717) is 6.54 Å². The molecular formula is C28H20N4O. The summed E-state index contributed by atoms with van der Waals surface area (Å²) in [6.07, 6.45) is 0. The van der Waals surface area contributed by atoms with Crippen LogP contribution in [0.25, 0.3) is 22.4 Å². The number of imidazole rings is 1. The van der Waals surface area contributed by atoms with Crippen LogP contribution >= 0.6 is 0 Å². The summed E-state index contributed by atoms with van der Waals surface area (Å²) in [4.78, 5) is 21.3. The minimum Gasteiger partial charge on any atom is -0.350 e. The molecule has 2 aliphatic rings. The van der Waals surface area contributed by atoms with Crippen molar-refractivity contribution in [2.45, 2.75) is 12.2 Å². The molecule has 1 spiro atoms. The van der Waals surface area contributed by atoms with Crippen LogP contribution in [0.2, 0.25) is 0 Å². The van der Waals surface area contributed by atoms with E-state index in [4.69, 9.17) is 4.98 Å². The number of anilines is 2. The summed E-state index contributed by atoms with van der Waals surface area (Å²) in [6.45, 7) is 0.504. The van der Waals surface area contributed by atoms with E-state index in [0.717, 1.165) is 44.9 Å². The van der Waals surface area contributed by atoms with E-state index in [9.17, 15) is 4.79 Å². The Balaban J connectivity index is 1.53. The van der Waals surface area contributed by atoms with Crippen molar-refractivity contribution >= 4 is 28.3 Å². The van der Waals surface area contributed by atoms with Crippen molar-refractivity contribution in [2.24, 2.45) is 0 Å². The zero-order valence-electron chi connectivity index (χ0n) is 17.8. The molecule has 1 atom stereocenters. The molecule has 0 aliphatic carbocycles. The highest BCUT2D eigenvalue weighted by Gasteiger charge is 2.56. The molecule has 0 saturated heterocycles. The van der Waals surface area contributed by atoms with Crippen LogP contribution in [0.4, 0.5) is 11.4 Å². The fourth-order valence-electron chi connectivity index (χ4n) is 5.28. The highest BCUT2D eigenvalue weighted by atomic mass is 16.2. The molecule has 2 aliphatic heterocycles. The van der Waals surface area contributed by atoms with Gasteiger partial charge in [-0.05, 0) is 35.9 Å². The Kier molecular flexibility index (Phi) is 3.62. The number of benzene rings is 4. The first kappa shape index (κ1) is 18.2. The van der Waals surface area contributed by atoms with Crippen molar-refractivity contribution in [1.29, 1.82) is 0 Å². The molecule has 5 heteroatoms. The summed E-state index contributed by atoms with van der Waals surface area (Å²) in [6, 6.07) is 34.3. The summed E-state index contributed by atoms with van der Waals surface area (Å²) in [5, 5.41) is 3.66. The van der Waals surface area contributed by atoms with Gasteiger partial charge in [0.05, 0.1) is 23.3 Å². The number of nitrogens with zero attached hydrogens (tertiary/aromatic N) is 3. The van der Waals surface area contributed by atoms with Gasteiger partial charge in [0.15, 0.2) is 0 Å². The molecular weight excluding hydrogens is 408 g/mol. The van der Waals surface area contributed by atoms with Crippen LogP contribution in [0.15, 0.2) is 103 Å². The van der Waals surface area contributed by atoms with Crippen LogP contribution in [-0.4, -0.2) is 15.5 Å². The van der Waals surface area contributed by atoms with Crippen molar-refractivity contribution in [3.8, 4) is 11.4 Å². The van der Waals surface area contributed by atoms with Crippen LogP contribution in [0.5, 0.6) is 0 Å². The number of nitrogens with one attached hydrogen (secondary N) is 1. The Bertz CT molecular complexity index is 1560. The molecule has 0 radical (unpaired) electrons. The highest BCUT2D eigenvalue weighted by molar-refractivity contribution is 6.12. The Morgan fingerprint density at radius 1 is 0.788 bits per heavy atom. The zero-order valence-corrected chi connectivity index (χ0v) is 17.8. The minimum atomic E-state index is -1.11. The lowest BCUT2D eigenvalue weighted by atomic mass is 9.95. The summed E-state index contributed by atoms with van der Waals surface area (Å²) >= 11 is 0. The maximum absolute atomic E-state index is 14.5. The number of para-hydroxylation sites is 4. The van der Waals surface area contributed by atoms with Gasteiger partial charge in [0.25, 0.3) is 5.91 Å². The SMILES string of the molecule is O=C1N(Cc2ccccc2)c2ccccc2[C@]12Nc1ccccc1-c1nc3ccccc3n12. The van der Waals surface area contributed by atoms with Gasteiger partial charge in [-0.1, -0.05) is 72.8 Å². The lowest BCUT2D eigenvalue weighted by Crippen LogP contribution is -2.53. The highest BCUT2D eigenvalue weighted by Crippen LogP contribution is 2.50. The number of aromatic nitrogens is 2. The molecule has 1 amide bonds. The molecule has 1 N–H and O–H groups in total. The molecule has 0 bridgehead atoms. The Morgan fingerprint density at radius 3 is 2.42 bits per heavy atom. The minimum absolute atomic E-state index is 0.00791. The fraction of sp³-hybridized carbons (Fsp3) is 0.0714. The summed E-state index contributed by atoms with van der Waals surface area (Å²) in [5.74, 6) is 0.793. The fourth-order valence-corrected chi connectivity index (χ4v) is 5.28. The van der Waals surface area contributed by atoms with Crippen LogP contribution in [0, 0.1) is 0 Å². The molecule has 4 aromatic carbocycles. The smallest absolute Gasteiger partial charge is 0.279 e. The number of fused-ring (bicyclic) bond motifs is 8. The van der Waals surface area contributed by atoms with E-state index in [2.05, 4.69) is 34.1 Å². The summed E-state index contributed by atoms with van der Waals surface area (Å²) in [5.41, 5.74) is 5.54. The lowest BCUT2D eigenvalue weighted by Gasteiger charge is -2.38. The Hall–Kier alpha value is -4.38. The van der Waals surface area contributed by atoms with Crippen molar-refractivity contribution in [3.63, 3.8) is 0 Å². The molecule has 5 nitrogen and oxygen atoms in total. The standard InChI is InChI=1S/C28H20N4O/c33-27-28(21-13-5-8-16-24(21)31(27)18-19-10-2-1-3-11-19)30-22-14-6-4-12-20(22)26-29-23-15-7-9-17-25(23)32(26)28/h1-17,30H,18H2/t28-/m1/s1. The number of hydrogen-bond acceptors (Lipinski definition) is 3. The summed E-state index contributed by atoms with van der Waals surface area (Å²) in [7, 11) is 0. The third-order valence-corrected chi connectivity index (χ3v) is 6.70. The third kappa shape index (κ3) is 2.36. The van der Waals surface area contributed by atoms with Gasteiger partial charge in [-0.15, -0.1) is 0 Å². The van der Waals surface area contributed by atoms with E-state index in [1.165, 1.54) is 0 Å². The monoisotopic (exact) mass is 428 g/mol. The van der Waals surface area contributed by atoms with E-state index in [-0.39, 0.29) is 5.91 Å². The molecule has 158 valence electrons. The zero-order chi connectivity index (χ0) is 22.0. The van der Waals surface area contributed by atoms with Gasteiger partial charge < -0.3 is 10.2 Å². The number of amides is 1.